The number of para-hydroxylation sites is 2. The minimum atomic E-state index is -0.512. The predicted octanol–water partition coefficient (Wildman–Crippen LogP) is 4.85. The molecule has 4 nitrogen and oxygen atoms in total. The number of hydrogen-bond donors (Lipinski definition) is 0. The fraction of sp³-hybridized carbons (Fsp3) is 0.0556. The van der Waals surface area contributed by atoms with E-state index in [0.29, 0.717) is 10.5 Å². The van der Waals surface area contributed by atoms with E-state index in [-0.39, 0.29) is 12.3 Å². The number of carbonyl (C=O) groups excluding carboxylic acids is 1. The van der Waals surface area contributed by atoms with Crippen LogP contribution in [0.1, 0.15) is 15.4 Å². The van der Waals surface area contributed by atoms with Crippen LogP contribution in [-0.2, 0) is 11.3 Å². The standard InChI is InChI=1S/C18H11ClN2O2S/c19-17-11-5-1-4-8-15(11)24-16(17)10-23-18(22)14-9-20-12-6-2-3-7-13(12)21-14/h1-9H,10H2. The number of aromatic nitrogens is 2. The lowest BCUT2D eigenvalue weighted by atomic mass is 10.2. The maximum atomic E-state index is 12.2. The van der Waals surface area contributed by atoms with Crippen LogP contribution in [0, 0.1) is 0 Å². The Morgan fingerprint density at radius 3 is 2.67 bits per heavy atom. The van der Waals surface area contributed by atoms with Gasteiger partial charge in [-0.05, 0) is 18.2 Å². The quantitative estimate of drug-likeness (QED) is 0.493. The van der Waals surface area contributed by atoms with Gasteiger partial charge in [-0.3, -0.25) is 4.98 Å². The zero-order valence-electron chi connectivity index (χ0n) is 12.4. The predicted molar refractivity (Wildman–Crippen MR) is 95.5 cm³/mol. The Morgan fingerprint density at radius 1 is 1.08 bits per heavy atom. The van der Waals surface area contributed by atoms with Crippen LogP contribution in [0.2, 0.25) is 5.02 Å². The Morgan fingerprint density at radius 2 is 1.83 bits per heavy atom. The van der Waals surface area contributed by atoms with Crippen LogP contribution in [0.15, 0.2) is 54.7 Å². The van der Waals surface area contributed by atoms with Gasteiger partial charge in [0.25, 0.3) is 0 Å². The fourth-order valence-corrected chi connectivity index (χ4v) is 3.82. The summed E-state index contributed by atoms with van der Waals surface area (Å²) in [6.45, 7) is 0.117. The summed E-state index contributed by atoms with van der Waals surface area (Å²) in [7, 11) is 0. The summed E-state index contributed by atoms with van der Waals surface area (Å²) in [6, 6.07) is 15.2. The summed E-state index contributed by atoms with van der Waals surface area (Å²) in [5.41, 5.74) is 1.58. The zero-order chi connectivity index (χ0) is 16.5. The molecule has 0 bridgehead atoms. The monoisotopic (exact) mass is 354 g/mol. The van der Waals surface area contributed by atoms with E-state index in [2.05, 4.69) is 9.97 Å². The minimum Gasteiger partial charge on any atom is -0.455 e. The van der Waals surface area contributed by atoms with Gasteiger partial charge >= 0.3 is 5.97 Å². The lowest BCUT2D eigenvalue weighted by Crippen LogP contribution is -2.07. The zero-order valence-corrected chi connectivity index (χ0v) is 14.0. The fourth-order valence-electron chi connectivity index (χ4n) is 2.42. The van der Waals surface area contributed by atoms with Crippen molar-refractivity contribution in [3.63, 3.8) is 0 Å². The average Bonchev–Trinajstić information content (AvgIpc) is 2.95. The van der Waals surface area contributed by atoms with Crippen LogP contribution >= 0.6 is 22.9 Å². The molecule has 0 aliphatic carbocycles. The van der Waals surface area contributed by atoms with E-state index in [1.54, 1.807) is 0 Å². The highest BCUT2D eigenvalue weighted by molar-refractivity contribution is 7.19. The first-order chi connectivity index (χ1) is 11.7. The Bertz CT molecular complexity index is 1060. The molecule has 0 spiro atoms. The number of rotatable bonds is 3. The average molecular weight is 355 g/mol. The van der Waals surface area contributed by atoms with Crippen molar-refractivity contribution in [1.29, 1.82) is 0 Å². The Labute approximate surface area is 146 Å². The summed E-state index contributed by atoms with van der Waals surface area (Å²) in [4.78, 5) is 21.6. The molecule has 0 aliphatic heterocycles. The second-order valence-electron chi connectivity index (χ2n) is 5.16. The molecule has 6 heteroatoms. The molecule has 0 fully saturated rings. The third kappa shape index (κ3) is 2.72. The molecule has 0 aliphatic rings. The van der Waals surface area contributed by atoms with E-state index in [9.17, 15) is 4.79 Å². The number of esters is 1. The number of fused-ring (bicyclic) bond motifs is 2. The second-order valence-corrected chi connectivity index (χ2v) is 6.67. The van der Waals surface area contributed by atoms with Gasteiger partial charge in [0.05, 0.1) is 27.1 Å². The van der Waals surface area contributed by atoms with Gasteiger partial charge in [-0.25, -0.2) is 9.78 Å². The number of halogens is 1. The second kappa shape index (κ2) is 6.19. The van der Waals surface area contributed by atoms with Gasteiger partial charge < -0.3 is 4.74 Å². The molecule has 0 saturated carbocycles. The first-order valence-corrected chi connectivity index (χ1v) is 8.46. The molecular formula is C18H11ClN2O2S. The maximum absolute atomic E-state index is 12.2. The van der Waals surface area contributed by atoms with Crippen molar-refractivity contribution in [3.05, 3.63) is 70.3 Å². The van der Waals surface area contributed by atoms with Crippen LogP contribution < -0.4 is 0 Å². The molecule has 0 N–H and O–H groups in total. The number of nitrogens with zero attached hydrogens (tertiary/aromatic N) is 2. The van der Waals surface area contributed by atoms with Gasteiger partial charge in [-0.15, -0.1) is 11.3 Å². The molecule has 2 aromatic carbocycles. The Hall–Kier alpha value is -2.50. The van der Waals surface area contributed by atoms with E-state index < -0.39 is 5.97 Å². The highest BCUT2D eigenvalue weighted by atomic mass is 35.5. The summed E-state index contributed by atoms with van der Waals surface area (Å²) in [5.74, 6) is -0.512. The van der Waals surface area contributed by atoms with Gasteiger partial charge in [-0.2, -0.15) is 0 Å². The molecule has 24 heavy (non-hydrogen) atoms. The Kier molecular flexibility index (Phi) is 3.88. The smallest absolute Gasteiger partial charge is 0.358 e. The van der Waals surface area contributed by atoms with Gasteiger partial charge in [-0.1, -0.05) is 41.9 Å². The van der Waals surface area contributed by atoms with Gasteiger partial charge in [0.1, 0.15) is 6.61 Å². The van der Waals surface area contributed by atoms with Crippen molar-refractivity contribution in [2.24, 2.45) is 0 Å². The highest BCUT2D eigenvalue weighted by Crippen LogP contribution is 2.35. The number of hydrogen-bond acceptors (Lipinski definition) is 5. The van der Waals surface area contributed by atoms with Crippen molar-refractivity contribution in [2.45, 2.75) is 6.61 Å². The molecule has 0 amide bonds. The number of thiophene rings is 1. The van der Waals surface area contributed by atoms with E-state index in [0.717, 1.165) is 20.5 Å². The van der Waals surface area contributed by atoms with Gasteiger partial charge in [0.2, 0.25) is 0 Å². The van der Waals surface area contributed by atoms with Crippen LogP contribution in [0.25, 0.3) is 21.1 Å². The molecule has 118 valence electrons. The van der Waals surface area contributed by atoms with Crippen LogP contribution in [-0.4, -0.2) is 15.9 Å². The Balaban J connectivity index is 1.55. The van der Waals surface area contributed by atoms with E-state index in [4.69, 9.17) is 16.3 Å². The van der Waals surface area contributed by atoms with E-state index in [1.807, 2.05) is 48.5 Å². The normalized spacial score (nSPS) is 11.0. The van der Waals surface area contributed by atoms with Crippen LogP contribution in [0.5, 0.6) is 0 Å². The van der Waals surface area contributed by atoms with E-state index >= 15 is 0 Å². The third-order valence-corrected chi connectivity index (χ3v) is 5.28. The van der Waals surface area contributed by atoms with E-state index in [1.165, 1.54) is 17.5 Å². The van der Waals surface area contributed by atoms with Crippen LogP contribution in [0.4, 0.5) is 0 Å². The molecule has 0 saturated heterocycles. The summed E-state index contributed by atoms with van der Waals surface area (Å²) in [6.07, 6.45) is 1.43. The van der Waals surface area contributed by atoms with Gasteiger partial charge in [0, 0.05) is 10.1 Å². The first kappa shape index (κ1) is 15.1. The van der Waals surface area contributed by atoms with Crippen molar-refractivity contribution in [1.82, 2.24) is 9.97 Å². The third-order valence-electron chi connectivity index (χ3n) is 3.59. The number of carbonyl (C=O) groups is 1. The molecule has 4 aromatic rings. The molecule has 0 unspecified atom stereocenters. The minimum absolute atomic E-state index is 0.117. The van der Waals surface area contributed by atoms with Crippen molar-refractivity contribution in [2.75, 3.05) is 0 Å². The molecule has 0 atom stereocenters. The highest BCUT2D eigenvalue weighted by Gasteiger charge is 2.14. The lowest BCUT2D eigenvalue weighted by molar-refractivity contribution is 0.0470. The molecular weight excluding hydrogens is 344 g/mol. The number of ether oxygens (including phenoxy) is 1. The molecule has 2 heterocycles. The van der Waals surface area contributed by atoms with Gasteiger partial charge in [0.15, 0.2) is 5.69 Å². The topological polar surface area (TPSA) is 52.1 Å². The molecule has 4 rings (SSSR count). The SMILES string of the molecule is O=C(OCc1sc2ccccc2c1Cl)c1cnc2ccccc2n1. The molecule has 0 radical (unpaired) electrons. The molecule has 2 aromatic heterocycles. The van der Waals surface area contributed by atoms with Crippen molar-refractivity contribution in [3.8, 4) is 0 Å². The first-order valence-electron chi connectivity index (χ1n) is 7.27. The van der Waals surface area contributed by atoms with Crippen LogP contribution in [0.3, 0.4) is 0 Å². The lowest BCUT2D eigenvalue weighted by Gasteiger charge is -2.04. The maximum Gasteiger partial charge on any atom is 0.358 e. The largest absolute Gasteiger partial charge is 0.455 e. The summed E-state index contributed by atoms with van der Waals surface area (Å²) >= 11 is 7.87. The summed E-state index contributed by atoms with van der Waals surface area (Å²) in [5, 5.41) is 1.61. The van der Waals surface area contributed by atoms with Crippen molar-refractivity contribution < 1.29 is 9.53 Å². The number of benzene rings is 2. The van der Waals surface area contributed by atoms with Crippen molar-refractivity contribution >= 4 is 50.0 Å². The summed E-state index contributed by atoms with van der Waals surface area (Å²) < 4.78 is 6.43.